The number of hydrogen-bond donors (Lipinski definition) is 1. The van der Waals surface area contributed by atoms with E-state index < -0.39 is 21.2 Å². The van der Waals surface area contributed by atoms with E-state index in [1.807, 2.05) is 18.2 Å². The molecular weight excluding hydrogens is 438 g/mol. The average molecular weight is 452 g/mol. The van der Waals surface area contributed by atoms with Gasteiger partial charge in [0.15, 0.2) is 11.4 Å². The zero-order valence-corrected chi connectivity index (χ0v) is 17.0. The molecule has 0 spiro atoms. The maximum atomic E-state index is 11.3. The first-order valence-corrected chi connectivity index (χ1v) is 9.62. The molecule has 3 aromatic carbocycles. The number of azo groups is 1. The van der Waals surface area contributed by atoms with E-state index in [2.05, 4.69) is 10.2 Å². The molecule has 1 N–H and O–H groups in total. The lowest BCUT2D eigenvalue weighted by molar-refractivity contribution is -0.393. The average Bonchev–Trinajstić information content (AvgIpc) is 3.04. The number of fused-ring (bicyclic) bond motifs is 1. The summed E-state index contributed by atoms with van der Waals surface area (Å²) in [4.78, 5) is 20.7. The Hall–Kier alpha value is -4.31. The van der Waals surface area contributed by atoms with Crippen LogP contribution in [0.15, 0.2) is 77.0 Å². The van der Waals surface area contributed by atoms with Crippen molar-refractivity contribution in [1.29, 1.82) is 0 Å². The summed E-state index contributed by atoms with van der Waals surface area (Å²) in [6, 6.07) is 17.3. The molecule has 160 valence electrons. The number of aromatic hydroxyl groups is 1. The molecule has 0 aliphatic carbocycles. The van der Waals surface area contributed by atoms with Gasteiger partial charge in [0.25, 0.3) is 5.69 Å². The molecular formula is C21H14ClN5O5. The zero-order valence-electron chi connectivity index (χ0n) is 16.3. The van der Waals surface area contributed by atoms with E-state index in [1.54, 1.807) is 34.9 Å². The lowest BCUT2D eigenvalue weighted by atomic mass is 10.2. The number of nitro groups is 2. The molecule has 4 aromatic rings. The number of non-ortho nitro benzene ring substituents is 1. The summed E-state index contributed by atoms with van der Waals surface area (Å²) in [6.45, 7) is 0.330. The van der Waals surface area contributed by atoms with Crippen LogP contribution in [0.3, 0.4) is 0 Å². The van der Waals surface area contributed by atoms with E-state index in [4.69, 9.17) is 11.6 Å². The third-order valence-corrected chi connectivity index (χ3v) is 5.05. The van der Waals surface area contributed by atoms with Crippen molar-refractivity contribution in [3.05, 3.63) is 97.5 Å². The van der Waals surface area contributed by atoms with E-state index in [9.17, 15) is 25.3 Å². The van der Waals surface area contributed by atoms with E-state index in [1.165, 1.54) is 0 Å². The van der Waals surface area contributed by atoms with Crippen molar-refractivity contribution in [3.8, 4) is 5.88 Å². The van der Waals surface area contributed by atoms with Crippen molar-refractivity contribution in [2.45, 2.75) is 6.54 Å². The molecule has 4 rings (SSSR count). The topological polar surface area (TPSA) is 136 Å². The molecule has 0 saturated carbocycles. The minimum Gasteiger partial charge on any atom is -0.493 e. The largest absolute Gasteiger partial charge is 0.493 e. The quantitative estimate of drug-likeness (QED) is 0.209. The molecule has 0 amide bonds. The molecule has 0 saturated heterocycles. The van der Waals surface area contributed by atoms with Gasteiger partial charge in [-0.25, -0.2) is 0 Å². The Morgan fingerprint density at radius 2 is 1.66 bits per heavy atom. The molecule has 0 radical (unpaired) electrons. The summed E-state index contributed by atoms with van der Waals surface area (Å²) >= 11 is 5.94. The van der Waals surface area contributed by atoms with Crippen LogP contribution in [0.25, 0.3) is 10.9 Å². The summed E-state index contributed by atoms with van der Waals surface area (Å²) in [5.41, 5.74) is 0.536. The van der Waals surface area contributed by atoms with E-state index in [0.29, 0.717) is 22.5 Å². The first-order chi connectivity index (χ1) is 15.3. The minimum atomic E-state index is -0.773. The highest BCUT2D eigenvalue weighted by Gasteiger charge is 2.21. The molecule has 0 aliphatic rings. The highest BCUT2D eigenvalue weighted by atomic mass is 35.5. The molecule has 1 aromatic heterocycles. The fraction of sp³-hybridized carbons (Fsp3) is 0.0476. The Morgan fingerprint density at radius 1 is 0.938 bits per heavy atom. The number of aromatic nitrogens is 1. The highest BCUT2D eigenvalue weighted by Crippen LogP contribution is 2.41. The predicted octanol–water partition coefficient (Wildman–Crippen LogP) is 6.28. The van der Waals surface area contributed by atoms with Gasteiger partial charge >= 0.3 is 5.69 Å². The number of nitro benzene ring substituents is 2. The van der Waals surface area contributed by atoms with Crippen LogP contribution < -0.4 is 0 Å². The number of rotatable bonds is 6. The number of benzene rings is 3. The summed E-state index contributed by atoms with van der Waals surface area (Å²) in [7, 11) is 0. The van der Waals surface area contributed by atoms with Gasteiger partial charge in [0.1, 0.15) is 0 Å². The summed E-state index contributed by atoms with van der Waals surface area (Å²) in [6.07, 6.45) is 0. The van der Waals surface area contributed by atoms with Crippen LogP contribution >= 0.6 is 11.6 Å². The molecule has 10 nitrogen and oxygen atoms in total. The standard InChI is InChI=1S/C21H14ClN5O5/c22-14-7-5-13(6-8-14)12-25-18-4-2-1-3-16(18)20(21(25)28)24-23-17-10-9-15(26(29)30)11-19(17)27(31)32/h1-11,28H,12H2. The summed E-state index contributed by atoms with van der Waals surface area (Å²) < 4.78 is 1.64. The second-order valence-electron chi connectivity index (χ2n) is 6.79. The Morgan fingerprint density at radius 3 is 2.34 bits per heavy atom. The van der Waals surface area contributed by atoms with Gasteiger partial charge in [-0.1, -0.05) is 41.9 Å². The Balaban J connectivity index is 1.78. The van der Waals surface area contributed by atoms with E-state index in [-0.39, 0.29) is 17.3 Å². The molecule has 0 aliphatic heterocycles. The Kier molecular flexibility index (Phi) is 5.52. The SMILES string of the molecule is O=[N+]([O-])c1ccc(N=Nc2c(O)n(Cc3ccc(Cl)cc3)c3ccccc23)c([N+](=O)[O-])c1. The van der Waals surface area contributed by atoms with Gasteiger partial charge < -0.3 is 9.67 Å². The number of para-hydroxylation sites is 1. The van der Waals surface area contributed by atoms with Gasteiger partial charge in [-0.15, -0.1) is 10.2 Å². The van der Waals surface area contributed by atoms with Crippen molar-refractivity contribution in [2.24, 2.45) is 10.2 Å². The number of nitrogens with zero attached hydrogens (tertiary/aromatic N) is 5. The Labute approximate surface area is 185 Å². The molecule has 1 heterocycles. The summed E-state index contributed by atoms with van der Waals surface area (Å²) in [5, 5.41) is 42.3. The van der Waals surface area contributed by atoms with Crippen molar-refractivity contribution < 1.29 is 15.0 Å². The second kappa shape index (κ2) is 8.44. The second-order valence-corrected chi connectivity index (χ2v) is 7.23. The molecule has 0 fully saturated rings. The predicted molar refractivity (Wildman–Crippen MR) is 118 cm³/mol. The van der Waals surface area contributed by atoms with Crippen LogP contribution in [0.1, 0.15) is 5.56 Å². The first kappa shape index (κ1) is 20.9. The van der Waals surface area contributed by atoms with Gasteiger partial charge in [-0.3, -0.25) is 20.2 Å². The number of halogens is 1. The smallest absolute Gasteiger partial charge is 0.303 e. The van der Waals surface area contributed by atoms with Crippen molar-refractivity contribution in [3.63, 3.8) is 0 Å². The van der Waals surface area contributed by atoms with Crippen molar-refractivity contribution in [1.82, 2.24) is 4.57 Å². The fourth-order valence-corrected chi connectivity index (χ4v) is 3.39. The Bertz CT molecular complexity index is 1380. The molecule has 0 atom stereocenters. The van der Waals surface area contributed by atoms with Crippen LogP contribution in [0, 0.1) is 20.2 Å². The van der Waals surface area contributed by atoms with Gasteiger partial charge in [0.05, 0.1) is 28.0 Å². The number of hydrogen-bond acceptors (Lipinski definition) is 7. The molecule has 11 heteroatoms. The normalized spacial score (nSPS) is 11.3. The van der Waals surface area contributed by atoms with Crippen LogP contribution in [0.4, 0.5) is 22.7 Å². The van der Waals surface area contributed by atoms with Gasteiger partial charge in [0.2, 0.25) is 5.88 Å². The first-order valence-electron chi connectivity index (χ1n) is 9.24. The van der Waals surface area contributed by atoms with Gasteiger partial charge in [-0.2, -0.15) is 0 Å². The third-order valence-electron chi connectivity index (χ3n) is 4.80. The van der Waals surface area contributed by atoms with Crippen molar-refractivity contribution >= 4 is 45.3 Å². The zero-order chi connectivity index (χ0) is 22.8. The monoisotopic (exact) mass is 451 g/mol. The van der Waals surface area contributed by atoms with Crippen molar-refractivity contribution in [2.75, 3.05) is 0 Å². The van der Waals surface area contributed by atoms with Crippen LogP contribution in [-0.4, -0.2) is 19.5 Å². The van der Waals surface area contributed by atoms with Crippen LogP contribution in [0.5, 0.6) is 5.88 Å². The maximum absolute atomic E-state index is 11.3. The fourth-order valence-electron chi connectivity index (χ4n) is 3.26. The summed E-state index contributed by atoms with van der Waals surface area (Å²) in [5.74, 6) is -0.172. The lowest BCUT2D eigenvalue weighted by Gasteiger charge is -2.07. The maximum Gasteiger partial charge on any atom is 0.303 e. The third kappa shape index (κ3) is 3.98. The van der Waals surface area contributed by atoms with E-state index in [0.717, 1.165) is 23.8 Å². The molecule has 32 heavy (non-hydrogen) atoms. The van der Waals surface area contributed by atoms with Gasteiger partial charge in [-0.05, 0) is 29.8 Å². The highest BCUT2D eigenvalue weighted by molar-refractivity contribution is 6.30. The molecule has 0 unspecified atom stereocenters. The van der Waals surface area contributed by atoms with Crippen LogP contribution in [0.2, 0.25) is 5.02 Å². The lowest BCUT2D eigenvalue weighted by Crippen LogP contribution is -1.98. The van der Waals surface area contributed by atoms with Gasteiger partial charge in [0, 0.05) is 16.5 Å². The minimum absolute atomic E-state index is 0.127. The van der Waals surface area contributed by atoms with Crippen LogP contribution in [-0.2, 0) is 6.54 Å². The molecule has 0 bridgehead atoms. The van der Waals surface area contributed by atoms with E-state index >= 15 is 0 Å².